The van der Waals surface area contributed by atoms with Crippen molar-refractivity contribution >= 4 is 11.4 Å². The number of methoxy groups -OCH3 is 1. The smallest absolute Gasteiger partial charge is 0.265 e. The zero-order valence-electron chi connectivity index (χ0n) is 11.0. The largest absolute Gasteiger partial charge is 0.399 e. The first-order valence-electron chi connectivity index (χ1n) is 6.13. The molecule has 3 N–H and O–H groups in total. The number of nitrogen functional groups attached to an aromatic ring is 1. The molecular formula is C13H20F2N2O2. The molecule has 0 heterocycles. The van der Waals surface area contributed by atoms with E-state index in [4.69, 9.17) is 15.2 Å². The van der Waals surface area contributed by atoms with Gasteiger partial charge in [-0.15, -0.1) is 0 Å². The van der Waals surface area contributed by atoms with E-state index < -0.39 is 6.43 Å². The number of nitrogens with one attached hydrogen (secondary N) is 1. The highest BCUT2D eigenvalue weighted by Gasteiger charge is 2.12. The fourth-order valence-electron chi connectivity index (χ4n) is 1.56. The van der Waals surface area contributed by atoms with E-state index in [0.717, 1.165) is 6.42 Å². The molecule has 0 saturated carbocycles. The van der Waals surface area contributed by atoms with Gasteiger partial charge >= 0.3 is 0 Å². The molecule has 0 spiro atoms. The summed E-state index contributed by atoms with van der Waals surface area (Å²) in [6.45, 7) is 2.23. The van der Waals surface area contributed by atoms with E-state index in [-0.39, 0.29) is 5.56 Å². The van der Waals surface area contributed by atoms with Gasteiger partial charge in [0.1, 0.15) is 0 Å². The molecule has 1 aromatic carbocycles. The summed E-state index contributed by atoms with van der Waals surface area (Å²) in [4.78, 5) is 0. The Labute approximate surface area is 111 Å². The Morgan fingerprint density at radius 3 is 2.74 bits per heavy atom. The molecule has 6 heteroatoms. The zero-order chi connectivity index (χ0) is 14.1. The van der Waals surface area contributed by atoms with Crippen LogP contribution in [0.4, 0.5) is 20.2 Å². The molecule has 0 aliphatic carbocycles. The van der Waals surface area contributed by atoms with Crippen LogP contribution in [0.2, 0.25) is 0 Å². The lowest BCUT2D eigenvalue weighted by Crippen LogP contribution is -2.09. The van der Waals surface area contributed by atoms with Gasteiger partial charge in [-0.1, -0.05) is 0 Å². The summed E-state index contributed by atoms with van der Waals surface area (Å²) in [7, 11) is 1.61. The van der Waals surface area contributed by atoms with Crippen LogP contribution in [0.5, 0.6) is 0 Å². The second-order valence-electron chi connectivity index (χ2n) is 4.03. The highest BCUT2D eigenvalue weighted by Crippen LogP contribution is 2.28. The highest BCUT2D eigenvalue weighted by atomic mass is 19.3. The second kappa shape index (κ2) is 8.66. The quantitative estimate of drug-likeness (QED) is 0.537. The molecular weight excluding hydrogens is 254 g/mol. The molecule has 0 aliphatic heterocycles. The first kappa shape index (κ1) is 15.7. The molecule has 0 radical (unpaired) electrons. The van der Waals surface area contributed by atoms with Gasteiger partial charge in [-0.3, -0.25) is 0 Å². The first-order valence-corrected chi connectivity index (χ1v) is 6.13. The Morgan fingerprint density at radius 2 is 2.05 bits per heavy atom. The van der Waals surface area contributed by atoms with Gasteiger partial charge in [-0.05, 0) is 24.6 Å². The third-order valence-corrected chi connectivity index (χ3v) is 2.52. The average Bonchev–Trinajstić information content (AvgIpc) is 2.39. The van der Waals surface area contributed by atoms with Crippen molar-refractivity contribution in [1.82, 2.24) is 0 Å². The maximum absolute atomic E-state index is 12.8. The summed E-state index contributed by atoms with van der Waals surface area (Å²) in [5.41, 5.74) is 6.18. The van der Waals surface area contributed by atoms with Crippen molar-refractivity contribution in [2.24, 2.45) is 0 Å². The van der Waals surface area contributed by atoms with Crippen LogP contribution < -0.4 is 11.1 Å². The second-order valence-corrected chi connectivity index (χ2v) is 4.03. The predicted octanol–water partition coefficient (Wildman–Crippen LogP) is 2.67. The Kier molecular flexibility index (Phi) is 7.14. The van der Waals surface area contributed by atoms with E-state index in [0.29, 0.717) is 37.7 Å². The molecule has 1 rings (SSSR count). The average molecular weight is 274 g/mol. The molecule has 0 atom stereocenters. The van der Waals surface area contributed by atoms with Gasteiger partial charge in [0.25, 0.3) is 6.43 Å². The lowest BCUT2D eigenvalue weighted by atomic mass is 10.1. The van der Waals surface area contributed by atoms with Gasteiger partial charge in [0, 0.05) is 37.2 Å². The Hall–Kier alpha value is -1.40. The van der Waals surface area contributed by atoms with Gasteiger partial charge in [-0.25, -0.2) is 8.78 Å². The number of halogens is 2. The third-order valence-electron chi connectivity index (χ3n) is 2.52. The van der Waals surface area contributed by atoms with Crippen molar-refractivity contribution in [1.29, 1.82) is 0 Å². The lowest BCUT2D eigenvalue weighted by molar-refractivity contribution is 0.0705. The zero-order valence-corrected chi connectivity index (χ0v) is 11.0. The fourth-order valence-corrected chi connectivity index (χ4v) is 1.56. The first-order chi connectivity index (χ1) is 9.15. The van der Waals surface area contributed by atoms with E-state index in [1.165, 1.54) is 6.07 Å². The van der Waals surface area contributed by atoms with E-state index in [2.05, 4.69) is 5.32 Å². The van der Waals surface area contributed by atoms with Gasteiger partial charge in [0.15, 0.2) is 0 Å². The van der Waals surface area contributed by atoms with Crippen LogP contribution >= 0.6 is 0 Å². The normalized spacial score (nSPS) is 10.9. The lowest BCUT2D eigenvalue weighted by Gasteiger charge is -2.12. The monoisotopic (exact) mass is 274 g/mol. The minimum atomic E-state index is -2.54. The summed E-state index contributed by atoms with van der Waals surface area (Å²) in [6, 6.07) is 4.47. The number of nitrogens with two attached hydrogens (primary N) is 1. The van der Waals surface area contributed by atoms with Crippen molar-refractivity contribution in [2.45, 2.75) is 12.8 Å². The standard InChI is InChI=1S/C13H20F2N2O2/c1-18-7-8-19-6-2-5-17-12-4-3-10(16)9-11(12)13(14)15/h3-4,9,13,17H,2,5-8,16H2,1H3. The van der Waals surface area contributed by atoms with Crippen LogP contribution in [0, 0.1) is 0 Å². The number of ether oxygens (including phenoxy) is 2. The van der Waals surface area contributed by atoms with Crippen molar-refractivity contribution in [3.8, 4) is 0 Å². The van der Waals surface area contributed by atoms with E-state index in [9.17, 15) is 8.78 Å². The summed E-state index contributed by atoms with van der Waals surface area (Å²) in [5, 5.41) is 2.97. The van der Waals surface area contributed by atoms with Crippen molar-refractivity contribution in [3.05, 3.63) is 23.8 Å². The molecule has 0 bridgehead atoms. The number of hydrogen-bond acceptors (Lipinski definition) is 4. The fraction of sp³-hybridized carbons (Fsp3) is 0.538. The molecule has 4 nitrogen and oxygen atoms in total. The topological polar surface area (TPSA) is 56.5 Å². The van der Waals surface area contributed by atoms with Gasteiger partial charge in [0.05, 0.1) is 13.2 Å². The number of alkyl halides is 2. The van der Waals surface area contributed by atoms with Gasteiger partial charge in [-0.2, -0.15) is 0 Å². The summed E-state index contributed by atoms with van der Waals surface area (Å²) < 4.78 is 35.7. The summed E-state index contributed by atoms with van der Waals surface area (Å²) in [5.74, 6) is 0. The molecule has 0 saturated heterocycles. The van der Waals surface area contributed by atoms with Gasteiger partial charge < -0.3 is 20.5 Å². The van der Waals surface area contributed by atoms with Crippen LogP contribution in [0.25, 0.3) is 0 Å². The molecule has 0 fully saturated rings. The number of rotatable bonds is 9. The third kappa shape index (κ3) is 5.85. The maximum Gasteiger partial charge on any atom is 0.265 e. The summed E-state index contributed by atoms with van der Waals surface area (Å²) in [6.07, 6.45) is -1.81. The van der Waals surface area contributed by atoms with E-state index in [1.54, 1.807) is 19.2 Å². The molecule has 0 amide bonds. The molecule has 108 valence electrons. The maximum atomic E-state index is 12.8. The Morgan fingerprint density at radius 1 is 1.26 bits per heavy atom. The van der Waals surface area contributed by atoms with Crippen LogP contribution in [-0.2, 0) is 9.47 Å². The van der Waals surface area contributed by atoms with Crippen LogP contribution in [0.3, 0.4) is 0 Å². The molecule has 1 aromatic rings. The minimum absolute atomic E-state index is 0.0692. The van der Waals surface area contributed by atoms with Crippen molar-refractivity contribution in [2.75, 3.05) is 44.5 Å². The van der Waals surface area contributed by atoms with E-state index in [1.807, 2.05) is 0 Å². The SMILES string of the molecule is COCCOCCCNc1ccc(N)cc1C(F)F. The van der Waals surface area contributed by atoms with Crippen molar-refractivity contribution in [3.63, 3.8) is 0 Å². The van der Waals surface area contributed by atoms with Gasteiger partial charge in [0.2, 0.25) is 0 Å². The van der Waals surface area contributed by atoms with Crippen LogP contribution in [0.1, 0.15) is 18.4 Å². The number of hydrogen-bond donors (Lipinski definition) is 2. The highest BCUT2D eigenvalue weighted by molar-refractivity contribution is 5.58. The number of anilines is 2. The van der Waals surface area contributed by atoms with E-state index >= 15 is 0 Å². The minimum Gasteiger partial charge on any atom is -0.399 e. The van der Waals surface area contributed by atoms with Crippen LogP contribution in [-0.4, -0.2) is 33.5 Å². The number of benzene rings is 1. The molecule has 0 aromatic heterocycles. The summed E-state index contributed by atoms with van der Waals surface area (Å²) >= 11 is 0. The van der Waals surface area contributed by atoms with Crippen molar-refractivity contribution < 1.29 is 18.3 Å². The Bertz CT molecular complexity index is 376. The molecule has 19 heavy (non-hydrogen) atoms. The predicted molar refractivity (Wildman–Crippen MR) is 71.6 cm³/mol. The molecule has 0 aliphatic rings. The van der Waals surface area contributed by atoms with Crippen LogP contribution in [0.15, 0.2) is 18.2 Å². The Balaban J connectivity index is 2.33. The molecule has 0 unspecified atom stereocenters.